The SMILES string of the molecule is c1ccc2c(c1)oc1c(Sc3ccc4c(c3)OCCCO4)ncnc12. The second-order valence-electron chi connectivity index (χ2n) is 5.72. The van der Waals surface area contributed by atoms with Crippen LogP contribution in [0.1, 0.15) is 6.42 Å². The van der Waals surface area contributed by atoms with Gasteiger partial charge in [-0.05, 0) is 30.3 Å². The van der Waals surface area contributed by atoms with Gasteiger partial charge in [0.05, 0.1) is 13.2 Å². The minimum absolute atomic E-state index is 0.669. The quantitative estimate of drug-likeness (QED) is 0.489. The molecule has 0 radical (unpaired) electrons. The molecule has 6 heteroatoms. The monoisotopic (exact) mass is 350 g/mol. The summed E-state index contributed by atoms with van der Waals surface area (Å²) < 4.78 is 17.4. The van der Waals surface area contributed by atoms with Crippen molar-refractivity contribution in [2.24, 2.45) is 0 Å². The Morgan fingerprint density at radius 3 is 2.76 bits per heavy atom. The summed E-state index contributed by atoms with van der Waals surface area (Å²) in [5.74, 6) is 1.57. The van der Waals surface area contributed by atoms with Gasteiger partial charge in [0.15, 0.2) is 17.1 Å². The number of aromatic nitrogens is 2. The summed E-state index contributed by atoms with van der Waals surface area (Å²) in [5, 5.41) is 1.79. The standard InChI is InChI=1S/C19H14N2O3S/c1-2-5-14-13(4-1)17-18(24-14)19(21-11-20-17)25-12-6-7-15-16(10-12)23-9-3-8-22-15/h1-2,4-7,10-11H,3,8-9H2. The summed E-state index contributed by atoms with van der Waals surface area (Å²) in [4.78, 5) is 9.82. The van der Waals surface area contributed by atoms with Gasteiger partial charge in [-0.25, -0.2) is 9.97 Å². The van der Waals surface area contributed by atoms with Gasteiger partial charge in [0, 0.05) is 16.7 Å². The van der Waals surface area contributed by atoms with Crippen molar-refractivity contribution in [3.63, 3.8) is 0 Å². The van der Waals surface area contributed by atoms with E-state index in [1.807, 2.05) is 42.5 Å². The van der Waals surface area contributed by atoms with Crippen LogP contribution in [0, 0.1) is 0 Å². The number of hydrogen-bond acceptors (Lipinski definition) is 6. The summed E-state index contributed by atoms with van der Waals surface area (Å²) in [6, 6.07) is 13.8. The lowest BCUT2D eigenvalue weighted by molar-refractivity contribution is 0.297. The topological polar surface area (TPSA) is 57.4 Å². The Kier molecular flexibility index (Phi) is 3.48. The molecule has 124 valence electrons. The molecule has 0 amide bonds. The van der Waals surface area contributed by atoms with Gasteiger partial charge in [0.25, 0.3) is 0 Å². The Morgan fingerprint density at radius 2 is 1.80 bits per heavy atom. The van der Waals surface area contributed by atoms with Crippen molar-refractivity contribution in [3.8, 4) is 11.5 Å². The van der Waals surface area contributed by atoms with Crippen molar-refractivity contribution < 1.29 is 13.9 Å². The maximum absolute atomic E-state index is 5.99. The summed E-state index contributed by atoms with van der Waals surface area (Å²) >= 11 is 1.53. The lowest BCUT2D eigenvalue weighted by Gasteiger charge is -2.08. The first-order valence-corrected chi connectivity index (χ1v) is 8.90. The molecule has 3 heterocycles. The number of fused-ring (bicyclic) bond motifs is 4. The third-order valence-corrected chi connectivity index (χ3v) is 5.03. The molecular weight excluding hydrogens is 336 g/mol. The first-order valence-electron chi connectivity index (χ1n) is 8.08. The van der Waals surface area contributed by atoms with Crippen LogP contribution in [0.3, 0.4) is 0 Å². The van der Waals surface area contributed by atoms with Crippen molar-refractivity contribution in [3.05, 3.63) is 48.8 Å². The van der Waals surface area contributed by atoms with Gasteiger partial charge in [-0.2, -0.15) is 0 Å². The van der Waals surface area contributed by atoms with E-state index in [-0.39, 0.29) is 0 Å². The zero-order chi connectivity index (χ0) is 16.6. The molecule has 4 aromatic rings. The molecule has 0 aliphatic carbocycles. The van der Waals surface area contributed by atoms with Gasteiger partial charge >= 0.3 is 0 Å². The van der Waals surface area contributed by atoms with Crippen LogP contribution in [0.25, 0.3) is 22.1 Å². The van der Waals surface area contributed by atoms with Crippen LogP contribution in [0.4, 0.5) is 0 Å². The van der Waals surface area contributed by atoms with Crippen LogP contribution >= 0.6 is 11.8 Å². The Hall–Kier alpha value is -2.73. The van der Waals surface area contributed by atoms with Crippen molar-refractivity contribution in [1.82, 2.24) is 9.97 Å². The van der Waals surface area contributed by atoms with Crippen LogP contribution in [-0.4, -0.2) is 23.2 Å². The van der Waals surface area contributed by atoms with E-state index >= 15 is 0 Å². The van der Waals surface area contributed by atoms with Crippen LogP contribution in [-0.2, 0) is 0 Å². The van der Waals surface area contributed by atoms with Crippen LogP contribution in [0.5, 0.6) is 11.5 Å². The fourth-order valence-corrected chi connectivity index (χ4v) is 3.75. The molecule has 0 spiro atoms. The highest BCUT2D eigenvalue weighted by Crippen LogP contribution is 2.39. The molecule has 25 heavy (non-hydrogen) atoms. The summed E-state index contributed by atoms with van der Waals surface area (Å²) in [6.07, 6.45) is 2.47. The predicted molar refractivity (Wildman–Crippen MR) is 95.5 cm³/mol. The normalized spacial score (nSPS) is 13.9. The number of ether oxygens (including phenoxy) is 2. The largest absolute Gasteiger partial charge is 0.490 e. The van der Waals surface area contributed by atoms with Crippen molar-refractivity contribution in [2.45, 2.75) is 16.3 Å². The van der Waals surface area contributed by atoms with Crippen molar-refractivity contribution in [2.75, 3.05) is 13.2 Å². The summed E-state index contributed by atoms with van der Waals surface area (Å²) in [5.41, 5.74) is 2.36. The molecule has 1 aliphatic heterocycles. The molecule has 0 saturated carbocycles. The number of benzene rings is 2. The van der Waals surface area contributed by atoms with E-state index in [4.69, 9.17) is 13.9 Å². The molecule has 0 unspecified atom stereocenters. The zero-order valence-corrected chi connectivity index (χ0v) is 14.1. The van der Waals surface area contributed by atoms with Gasteiger partial charge in [0.2, 0.25) is 0 Å². The molecule has 0 N–H and O–H groups in total. The molecule has 0 bridgehead atoms. The van der Waals surface area contributed by atoms with Gasteiger partial charge in [-0.15, -0.1) is 0 Å². The Bertz CT molecular complexity index is 1080. The number of nitrogens with zero attached hydrogens (tertiary/aromatic N) is 2. The Balaban J connectivity index is 1.57. The second kappa shape index (κ2) is 5.97. The number of rotatable bonds is 2. The van der Waals surface area contributed by atoms with Gasteiger partial charge in [-0.1, -0.05) is 23.9 Å². The highest BCUT2D eigenvalue weighted by atomic mass is 32.2. The predicted octanol–water partition coefficient (Wildman–Crippen LogP) is 4.69. The van der Waals surface area contributed by atoms with Crippen LogP contribution in [0.15, 0.2) is 63.1 Å². The van der Waals surface area contributed by atoms with E-state index in [1.165, 1.54) is 11.8 Å². The van der Waals surface area contributed by atoms with E-state index in [2.05, 4.69) is 9.97 Å². The molecule has 5 nitrogen and oxygen atoms in total. The summed E-state index contributed by atoms with van der Waals surface area (Å²) in [6.45, 7) is 1.35. The molecule has 0 fully saturated rings. The second-order valence-corrected chi connectivity index (χ2v) is 6.78. The van der Waals surface area contributed by atoms with E-state index in [9.17, 15) is 0 Å². The van der Waals surface area contributed by atoms with E-state index in [0.29, 0.717) is 18.8 Å². The maximum atomic E-state index is 5.99. The van der Waals surface area contributed by atoms with Crippen molar-refractivity contribution >= 4 is 33.8 Å². The number of para-hydroxylation sites is 1. The van der Waals surface area contributed by atoms with Crippen LogP contribution in [0.2, 0.25) is 0 Å². The lowest BCUT2D eigenvalue weighted by atomic mass is 10.2. The number of furan rings is 1. The first-order chi connectivity index (χ1) is 12.4. The lowest BCUT2D eigenvalue weighted by Crippen LogP contribution is -1.97. The first kappa shape index (κ1) is 14.6. The Labute approximate surface area is 148 Å². The third kappa shape index (κ3) is 2.59. The highest BCUT2D eigenvalue weighted by Gasteiger charge is 2.16. The molecule has 2 aromatic heterocycles. The smallest absolute Gasteiger partial charge is 0.186 e. The van der Waals surface area contributed by atoms with Gasteiger partial charge in [0.1, 0.15) is 22.5 Å². The average molecular weight is 350 g/mol. The van der Waals surface area contributed by atoms with Crippen molar-refractivity contribution in [1.29, 1.82) is 0 Å². The van der Waals surface area contributed by atoms with E-state index < -0.39 is 0 Å². The molecule has 1 aliphatic rings. The summed E-state index contributed by atoms with van der Waals surface area (Å²) in [7, 11) is 0. The highest BCUT2D eigenvalue weighted by molar-refractivity contribution is 7.99. The molecule has 5 rings (SSSR count). The minimum Gasteiger partial charge on any atom is -0.490 e. The minimum atomic E-state index is 0.669. The Morgan fingerprint density at radius 1 is 0.920 bits per heavy atom. The van der Waals surface area contributed by atoms with Gasteiger partial charge in [-0.3, -0.25) is 0 Å². The molecular formula is C19H14N2O3S. The average Bonchev–Trinajstić information content (AvgIpc) is 2.87. The van der Waals surface area contributed by atoms with Crippen LogP contribution < -0.4 is 9.47 Å². The van der Waals surface area contributed by atoms with E-state index in [1.54, 1.807) is 6.33 Å². The third-order valence-electron chi connectivity index (χ3n) is 4.06. The molecule has 0 atom stereocenters. The number of hydrogen-bond donors (Lipinski definition) is 0. The maximum Gasteiger partial charge on any atom is 0.186 e. The molecule has 2 aromatic carbocycles. The molecule has 0 saturated heterocycles. The zero-order valence-electron chi connectivity index (χ0n) is 13.3. The van der Waals surface area contributed by atoms with E-state index in [0.717, 1.165) is 44.3 Å². The fraction of sp³-hybridized carbons (Fsp3) is 0.158. The van der Waals surface area contributed by atoms with Gasteiger partial charge < -0.3 is 13.9 Å². The fourth-order valence-electron chi connectivity index (χ4n) is 2.89.